The van der Waals surface area contributed by atoms with Crippen molar-refractivity contribution in [2.45, 2.75) is 10.9 Å². The van der Waals surface area contributed by atoms with E-state index in [1.807, 2.05) is 20.2 Å². The van der Waals surface area contributed by atoms with Crippen molar-refractivity contribution in [1.29, 1.82) is 0 Å². The summed E-state index contributed by atoms with van der Waals surface area (Å²) >= 11 is 4.85. The van der Waals surface area contributed by atoms with Gasteiger partial charge in [0.05, 0.1) is 11.7 Å². The fourth-order valence-corrected chi connectivity index (χ4v) is 3.40. The average Bonchev–Trinajstić information content (AvgIpc) is 2.73. The SMILES string of the molecule is CNC(CSc1ccccc1F)c1c(Br)nnn1C. The quantitative estimate of drug-likeness (QED) is 0.847. The molecule has 102 valence electrons. The van der Waals surface area contributed by atoms with E-state index in [1.54, 1.807) is 16.8 Å². The lowest BCUT2D eigenvalue weighted by atomic mass is 10.2. The number of thioether (sulfide) groups is 1. The zero-order chi connectivity index (χ0) is 13.8. The molecule has 0 radical (unpaired) electrons. The van der Waals surface area contributed by atoms with E-state index in [0.717, 1.165) is 5.69 Å². The molecule has 0 saturated heterocycles. The molecule has 0 aliphatic carbocycles. The topological polar surface area (TPSA) is 42.7 Å². The van der Waals surface area contributed by atoms with Crippen LogP contribution in [0.4, 0.5) is 4.39 Å². The largest absolute Gasteiger partial charge is 0.311 e. The van der Waals surface area contributed by atoms with Gasteiger partial charge in [-0.05, 0) is 35.1 Å². The first-order valence-corrected chi connectivity index (χ1v) is 7.51. The van der Waals surface area contributed by atoms with Crippen LogP contribution in [0, 0.1) is 5.82 Å². The Balaban J connectivity index is 2.11. The van der Waals surface area contributed by atoms with Gasteiger partial charge in [0.1, 0.15) is 5.82 Å². The molecular weight excluding hydrogens is 331 g/mol. The maximum Gasteiger partial charge on any atom is 0.153 e. The van der Waals surface area contributed by atoms with Gasteiger partial charge in [-0.3, -0.25) is 0 Å². The van der Waals surface area contributed by atoms with Crippen molar-refractivity contribution >= 4 is 27.7 Å². The number of aromatic nitrogens is 3. The highest BCUT2D eigenvalue weighted by atomic mass is 79.9. The molecule has 0 aliphatic rings. The number of rotatable bonds is 5. The van der Waals surface area contributed by atoms with Crippen molar-refractivity contribution in [2.75, 3.05) is 12.8 Å². The van der Waals surface area contributed by atoms with E-state index in [9.17, 15) is 4.39 Å². The molecule has 0 saturated carbocycles. The zero-order valence-corrected chi connectivity index (χ0v) is 13.0. The highest BCUT2D eigenvalue weighted by Crippen LogP contribution is 2.28. The van der Waals surface area contributed by atoms with Gasteiger partial charge < -0.3 is 5.32 Å². The zero-order valence-electron chi connectivity index (χ0n) is 10.6. The molecule has 7 heteroatoms. The van der Waals surface area contributed by atoms with Gasteiger partial charge in [-0.2, -0.15) is 0 Å². The molecule has 0 aliphatic heterocycles. The second kappa shape index (κ2) is 6.49. The van der Waals surface area contributed by atoms with Gasteiger partial charge in [-0.1, -0.05) is 17.3 Å². The number of benzene rings is 1. The summed E-state index contributed by atoms with van der Waals surface area (Å²) in [5.74, 6) is 0.501. The third-order valence-electron chi connectivity index (χ3n) is 2.75. The van der Waals surface area contributed by atoms with Crippen molar-refractivity contribution in [1.82, 2.24) is 20.3 Å². The van der Waals surface area contributed by atoms with Crippen molar-refractivity contribution in [3.8, 4) is 0 Å². The van der Waals surface area contributed by atoms with Crippen LogP contribution in [-0.4, -0.2) is 27.8 Å². The summed E-state index contributed by atoms with van der Waals surface area (Å²) in [5, 5.41) is 11.1. The number of halogens is 2. The highest BCUT2D eigenvalue weighted by molar-refractivity contribution is 9.10. The molecule has 1 heterocycles. The van der Waals surface area contributed by atoms with Gasteiger partial charge in [0.2, 0.25) is 0 Å². The van der Waals surface area contributed by atoms with Gasteiger partial charge >= 0.3 is 0 Å². The summed E-state index contributed by atoms with van der Waals surface area (Å²) in [4.78, 5) is 0.647. The Labute approximate surface area is 123 Å². The molecule has 1 aromatic heterocycles. The molecule has 0 fully saturated rings. The summed E-state index contributed by atoms with van der Waals surface area (Å²) < 4.78 is 16.0. The second-order valence-corrected chi connectivity index (χ2v) is 5.78. The fraction of sp³-hybridized carbons (Fsp3) is 0.333. The Hall–Kier alpha value is -0.920. The van der Waals surface area contributed by atoms with Crippen LogP contribution in [0.1, 0.15) is 11.7 Å². The van der Waals surface area contributed by atoms with Crippen LogP contribution in [0.5, 0.6) is 0 Å². The molecule has 1 N–H and O–H groups in total. The van der Waals surface area contributed by atoms with Crippen LogP contribution in [0.15, 0.2) is 33.8 Å². The lowest BCUT2D eigenvalue weighted by molar-refractivity contribution is 0.576. The molecular formula is C12H14BrFN4S. The van der Waals surface area contributed by atoms with E-state index >= 15 is 0 Å². The predicted molar refractivity (Wildman–Crippen MR) is 77.6 cm³/mol. The van der Waals surface area contributed by atoms with Gasteiger partial charge in [0.15, 0.2) is 4.60 Å². The Morgan fingerprint density at radius 2 is 2.21 bits per heavy atom. The van der Waals surface area contributed by atoms with E-state index in [-0.39, 0.29) is 11.9 Å². The third kappa shape index (κ3) is 3.34. The monoisotopic (exact) mass is 344 g/mol. The fourth-order valence-electron chi connectivity index (χ4n) is 1.74. The Bertz CT molecular complexity index is 541. The van der Waals surface area contributed by atoms with E-state index in [2.05, 4.69) is 31.6 Å². The molecule has 0 amide bonds. The molecule has 2 aromatic rings. The minimum absolute atomic E-state index is 0.0407. The van der Waals surface area contributed by atoms with Crippen molar-refractivity contribution in [3.63, 3.8) is 0 Å². The Morgan fingerprint density at radius 3 is 2.79 bits per heavy atom. The van der Waals surface area contributed by atoms with Crippen LogP contribution >= 0.6 is 27.7 Å². The summed E-state index contributed by atoms with van der Waals surface area (Å²) in [7, 11) is 3.71. The molecule has 1 unspecified atom stereocenters. The normalized spacial score (nSPS) is 12.6. The first-order valence-electron chi connectivity index (χ1n) is 5.73. The maximum absolute atomic E-state index is 13.6. The van der Waals surface area contributed by atoms with Crippen LogP contribution < -0.4 is 5.32 Å². The minimum atomic E-state index is -0.190. The van der Waals surface area contributed by atoms with E-state index in [1.165, 1.54) is 17.8 Å². The number of hydrogen-bond acceptors (Lipinski definition) is 4. The molecule has 4 nitrogen and oxygen atoms in total. The Kier molecular flexibility index (Phi) is 4.95. The van der Waals surface area contributed by atoms with Gasteiger partial charge in [0, 0.05) is 17.7 Å². The van der Waals surface area contributed by atoms with Crippen LogP contribution in [0.25, 0.3) is 0 Å². The molecule has 2 rings (SSSR count). The lowest BCUT2D eigenvalue weighted by Gasteiger charge is -2.16. The van der Waals surface area contributed by atoms with Gasteiger partial charge in [0.25, 0.3) is 0 Å². The number of aryl methyl sites for hydroxylation is 1. The minimum Gasteiger partial charge on any atom is -0.311 e. The van der Waals surface area contributed by atoms with Crippen LogP contribution in [0.3, 0.4) is 0 Å². The third-order valence-corrected chi connectivity index (χ3v) is 4.45. The number of nitrogens with one attached hydrogen (secondary N) is 1. The van der Waals surface area contributed by atoms with Crippen LogP contribution in [0.2, 0.25) is 0 Å². The summed E-state index contributed by atoms with van der Waals surface area (Å²) in [6.45, 7) is 0. The average molecular weight is 345 g/mol. The standard InChI is InChI=1S/C12H14BrFN4S/c1-15-9(11-12(13)16-17-18(11)2)7-19-10-6-4-3-5-8(10)14/h3-6,9,15H,7H2,1-2H3. The van der Waals surface area contributed by atoms with E-state index in [0.29, 0.717) is 15.3 Å². The first kappa shape index (κ1) is 14.5. The number of nitrogens with zero attached hydrogens (tertiary/aromatic N) is 3. The Morgan fingerprint density at radius 1 is 1.47 bits per heavy atom. The predicted octanol–water partition coefficient (Wildman–Crippen LogP) is 2.77. The second-order valence-electron chi connectivity index (χ2n) is 3.97. The van der Waals surface area contributed by atoms with Crippen LogP contribution in [-0.2, 0) is 7.05 Å². The summed E-state index contributed by atoms with van der Waals surface area (Å²) in [5.41, 5.74) is 0.950. The molecule has 0 spiro atoms. The van der Waals surface area contributed by atoms with E-state index in [4.69, 9.17) is 0 Å². The smallest absolute Gasteiger partial charge is 0.153 e. The van der Waals surface area contributed by atoms with E-state index < -0.39 is 0 Å². The molecule has 0 bridgehead atoms. The van der Waals surface area contributed by atoms with Gasteiger partial charge in [-0.15, -0.1) is 16.9 Å². The van der Waals surface area contributed by atoms with Crippen molar-refractivity contribution in [2.24, 2.45) is 7.05 Å². The molecule has 19 heavy (non-hydrogen) atoms. The number of hydrogen-bond donors (Lipinski definition) is 1. The van der Waals surface area contributed by atoms with Crippen molar-refractivity contribution in [3.05, 3.63) is 40.4 Å². The maximum atomic E-state index is 13.6. The molecule has 1 atom stereocenters. The van der Waals surface area contributed by atoms with Crippen molar-refractivity contribution < 1.29 is 4.39 Å². The summed E-state index contributed by atoms with van der Waals surface area (Å²) in [6, 6.07) is 6.82. The highest BCUT2D eigenvalue weighted by Gasteiger charge is 2.19. The first-order chi connectivity index (χ1) is 9.13. The lowest BCUT2D eigenvalue weighted by Crippen LogP contribution is -2.22. The molecule has 1 aromatic carbocycles. The summed E-state index contributed by atoms with van der Waals surface area (Å²) in [6.07, 6.45) is 0. The van der Waals surface area contributed by atoms with Gasteiger partial charge in [-0.25, -0.2) is 9.07 Å².